The molecule has 0 N–H and O–H groups in total. The lowest BCUT2D eigenvalue weighted by Gasteiger charge is -2.58. The van der Waals surface area contributed by atoms with Crippen LogP contribution >= 0.6 is 0 Å². The second-order valence-electron chi connectivity index (χ2n) is 10.2. The molecule has 30 heavy (non-hydrogen) atoms. The summed E-state index contributed by atoms with van der Waals surface area (Å²) in [5.41, 5.74) is 1.37. The smallest absolute Gasteiger partial charge is 0.302 e. The van der Waals surface area contributed by atoms with Crippen LogP contribution in [0.1, 0.15) is 80.1 Å². The number of rotatable bonds is 2. The molecule has 4 unspecified atom stereocenters. The Labute approximate surface area is 181 Å². The molecule has 0 heterocycles. The molecule has 8 atom stereocenters. The highest BCUT2D eigenvalue weighted by molar-refractivity contribution is 5.66. The van der Waals surface area contributed by atoms with E-state index in [1.54, 1.807) is 0 Å². The van der Waals surface area contributed by atoms with E-state index in [2.05, 4.69) is 26.0 Å². The van der Waals surface area contributed by atoms with Crippen LogP contribution in [-0.4, -0.2) is 24.1 Å². The molecule has 0 bridgehead atoms. The number of esters is 2. The highest BCUT2D eigenvalue weighted by atomic mass is 16.5. The fraction of sp³-hybridized carbons (Fsp3) is 0.800. The maximum absolute atomic E-state index is 11.6. The number of hydrogen-bond donors (Lipinski definition) is 0. The van der Waals surface area contributed by atoms with Gasteiger partial charge in [-0.25, -0.2) is 0 Å². The van der Waals surface area contributed by atoms with Crippen LogP contribution in [0.4, 0.5) is 0 Å². The van der Waals surface area contributed by atoms with E-state index in [9.17, 15) is 14.9 Å². The molecule has 0 aromatic heterocycles. The lowest BCUT2D eigenvalue weighted by Crippen LogP contribution is -2.54. The molecule has 0 radical (unpaired) electrons. The van der Waals surface area contributed by atoms with Gasteiger partial charge in [-0.15, -0.1) is 0 Å². The van der Waals surface area contributed by atoms with Gasteiger partial charge in [-0.1, -0.05) is 32.9 Å². The highest BCUT2D eigenvalue weighted by Crippen LogP contribution is 2.66. The third kappa shape index (κ3) is 3.47. The summed E-state index contributed by atoms with van der Waals surface area (Å²) in [7, 11) is 0. The predicted octanol–water partition coefficient (Wildman–Crippen LogP) is 5.20. The van der Waals surface area contributed by atoms with E-state index in [1.165, 1.54) is 19.4 Å². The number of allylic oxidation sites excluding steroid dienone is 1. The van der Waals surface area contributed by atoms with E-state index in [4.69, 9.17) is 9.47 Å². The number of nitrogens with zero attached hydrogens (tertiary/aromatic N) is 1. The van der Waals surface area contributed by atoms with E-state index in [0.717, 1.165) is 44.9 Å². The first-order chi connectivity index (χ1) is 13.7. The number of carbonyl (C=O) groups excluding carboxylic acids is 2. The summed E-state index contributed by atoms with van der Waals surface area (Å²) in [6, 6.07) is 2.60. The van der Waals surface area contributed by atoms with Gasteiger partial charge in [0.05, 0.1) is 12.0 Å². The van der Waals surface area contributed by atoms with Gasteiger partial charge in [-0.3, -0.25) is 9.59 Å². The molecule has 5 heteroatoms. The monoisotopic (exact) mass is 415 g/mol. The Morgan fingerprint density at radius 1 is 1.03 bits per heavy atom. The number of nitriles is 1. The molecule has 4 rings (SSSR count). The van der Waals surface area contributed by atoms with Crippen molar-refractivity contribution < 1.29 is 19.1 Å². The molecule has 0 aromatic carbocycles. The maximum atomic E-state index is 11.6. The van der Waals surface area contributed by atoms with Gasteiger partial charge in [0.25, 0.3) is 0 Å². The van der Waals surface area contributed by atoms with E-state index in [0.29, 0.717) is 17.8 Å². The van der Waals surface area contributed by atoms with Crippen molar-refractivity contribution in [1.82, 2.24) is 0 Å². The fourth-order valence-electron chi connectivity index (χ4n) is 7.46. The van der Waals surface area contributed by atoms with Crippen LogP contribution in [0.3, 0.4) is 0 Å². The standard InChI is InChI=1S/C24H33NO4.CH4/c1-14(26)28-18-7-9-23(3)17(12-18)11-16(13-25)22-19-5-6-21(29-15(2)27)24(19,4)10-8-20(22)23;/h11,16,18-22H,5-10,12H2,1-4H3;1H4/t16?,18-,19?,20?,21-,22?,23-,24-;/m0./s1. The van der Waals surface area contributed by atoms with Crippen LogP contribution in [-0.2, 0) is 19.1 Å². The molecule has 0 aliphatic heterocycles. The Morgan fingerprint density at radius 2 is 1.73 bits per heavy atom. The van der Waals surface area contributed by atoms with Crippen molar-refractivity contribution in [2.75, 3.05) is 0 Å². The second-order valence-corrected chi connectivity index (χ2v) is 10.2. The summed E-state index contributed by atoms with van der Waals surface area (Å²) >= 11 is 0. The van der Waals surface area contributed by atoms with Crippen molar-refractivity contribution in [2.24, 2.45) is 34.5 Å². The lowest BCUT2D eigenvalue weighted by molar-refractivity contribution is -0.157. The normalized spacial score (nSPS) is 44.2. The average Bonchev–Trinajstić information content (AvgIpc) is 2.97. The minimum absolute atomic E-state index is 0. The van der Waals surface area contributed by atoms with Crippen LogP contribution in [0.25, 0.3) is 0 Å². The van der Waals surface area contributed by atoms with Gasteiger partial charge in [0.15, 0.2) is 0 Å². The summed E-state index contributed by atoms with van der Waals surface area (Å²) in [6.45, 7) is 7.62. The van der Waals surface area contributed by atoms with Gasteiger partial charge in [0, 0.05) is 25.7 Å². The molecule has 0 aromatic rings. The van der Waals surface area contributed by atoms with Crippen LogP contribution in [0, 0.1) is 45.8 Å². The summed E-state index contributed by atoms with van der Waals surface area (Å²) in [4.78, 5) is 23.1. The minimum atomic E-state index is -0.222. The molecule has 3 saturated carbocycles. The summed E-state index contributed by atoms with van der Waals surface area (Å²) in [5, 5.41) is 10.1. The van der Waals surface area contributed by atoms with Crippen LogP contribution in [0.5, 0.6) is 0 Å². The summed E-state index contributed by atoms with van der Waals surface area (Å²) < 4.78 is 11.2. The van der Waals surface area contributed by atoms with Crippen molar-refractivity contribution in [1.29, 1.82) is 5.26 Å². The molecule has 0 amide bonds. The number of fused-ring (bicyclic) bond motifs is 5. The largest absolute Gasteiger partial charge is 0.462 e. The lowest BCUT2D eigenvalue weighted by atomic mass is 9.46. The van der Waals surface area contributed by atoms with E-state index >= 15 is 0 Å². The third-order valence-corrected chi connectivity index (χ3v) is 8.82. The zero-order valence-electron chi connectivity index (χ0n) is 18.1. The van der Waals surface area contributed by atoms with E-state index in [1.807, 2.05) is 0 Å². The van der Waals surface area contributed by atoms with Gasteiger partial charge >= 0.3 is 11.9 Å². The predicted molar refractivity (Wildman–Crippen MR) is 114 cm³/mol. The molecule has 4 aliphatic carbocycles. The molecule has 4 aliphatic rings. The Morgan fingerprint density at radius 3 is 2.37 bits per heavy atom. The zero-order valence-corrected chi connectivity index (χ0v) is 18.1. The van der Waals surface area contributed by atoms with Crippen molar-refractivity contribution >= 4 is 11.9 Å². The SMILES string of the molecule is C.CC(=O)O[C@H]1CC[C@@]2(C)C(=CC(C#N)C3C2CC[C@@]2(C)C3CC[C@@H]2OC(C)=O)C1. The molecular formula is C25H37NO4. The maximum Gasteiger partial charge on any atom is 0.302 e. The van der Waals surface area contributed by atoms with Gasteiger partial charge < -0.3 is 9.47 Å². The summed E-state index contributed by atoms with van der Waals surface area (Å²) in [6.07, 6.45) is 8.84. The molecule has 166 valence electrons. The fourth-order valence-corrected chi connectivity index (χ4v) is 7.46. The van der Waals surface area contributed by atoms with Gasteiger partial charge in [0.2, 0.25) is 0 Å². The highest BCUT2D eigenvalue weighted by Gasteiger charge is 2.61. The van der Waals surface area contributed by atoms with Crippen molar-refractivity contribution in [3.63, 3.8) is 0 Å². The summed E-state index contributed by atoms with van der Waals surface area (Å²) in [5.74, 6) is 0.673. The number of ether oxygens (including phenoxy) is 2. The van der Waals surface area contributed by atoms with Crippen molar-refractivity contribution in [2.45, 2.75) is 92.3 Å². The first kappa shape index (κ1) is 22.8. The third-order valence-electron chi connectivity index (χ3n) is 8.82. The number of carbonyl (C=O) groups is 2. The second kappa shape index (κ2) is 8.02. The van der Waals surface area contributed by atoms with Crippen molar-refractivity contribution in [3.05, 3.63) is 11.6 Å². The van der Waals surface area contributed by atoms with Crippen LogP contribution < -0.4 is 0 Å². The van der Waals surface area contributed by atoms with Crippen molar-refractivity contribution in [3.8, 4) is 6.07 Å². The zero-order chi connectivity index (χ0) is 21.0. The molecule has 3 fully saturated rings. The first-order valence-electron chi connectivity index (χ1n) is 11.1. The number of hydrogen-bond acceptors (Lipinski definition) is 5. The van der Waals surface area contributed by atoms with Crippen LogP contribution in [0.2, 0.25) is 0 Å². The molecule has 5 nitrogen and oxygen atoms in total. The Kier molecular flexibility index (Phi) is 6.11. The Bertz CT molecular complexity index is 783. The molecular weight excluding hydrogens is 378 g/mol. The van der Waals surface area contributed by atoms with Gasteiger partial charge in [0.1, 0.15) is 12.2 Å². The van der Waals surface area contributed by atoms with E-state index < -0.39 is 0 Å². The Balaban J connectivity index is 0.00000256. The first-order valence-corrected chi connectivity index (χ1v) is 11.1. The quantitative estimate of drug-likeness (QED) is 0.458. The minimum Gasteiger partial charge on any atom is -0.462 e. The van der Waals surface area contributed by atoms with Gasteiger partial charge in [-0.05, 0) is 61.7 Å². The topological polar surface area (TPSA) is 76.4 Å². The Hall–Kier alpha value is -1.83. The molecule has 0 spiro atoms. The van der Waals surface area contributed by atoms with Crippen LogP contribution in [0.15, 0.2) is 11.6 Å². The van der Waals surface area contributed by atoms with E-state index in [-0.39, 0.29) is 48.3 Å². The average molecular weight is 416 g/mol. The molecule has 0 saturated heterocycles. The van der Waals surface area contributed by atoms with Gasteiger partial charge in [-0.2, -0.15) is 5.26 Å².